The van der Waals surface area contributed by atoms with Crippen LogP contribution >= 0.6 is 0 Å². The third-order valence-corrected chi connectivity index (χ3v) is 11.4. The van der Waals surface area contributed by atoms with Crippen molar-refractivity contribution < 1.29 is 41.9 Å². The Morgan fingerprint density at radius 2 is 1.53 bits per heavy atom. The summed E-state index contributed by atoms with van der Waals surface area (Å²) in [5, 5.41) is 0. The number of hydrogen-bond acceptors (Lipinski definition) is 9. The summed E-state index contributed by atoms with van der Waals surface area (Å²) in [6.45, 7) is 13.2. The highest BCUT2D eigenvalue weighted by molar-refractivity contribution is 6.60. The highest BCUT2D eigenvalue weighted by Gasteiger charge is 2.68. The molecule has 9 nitrogen and oxygen atoms in total. The molecule has 0 saturated heterocycles. The molecular weight excluding hydrogens is 508 g/mol. The first-order valence-electron chi connectivity index (χ1n) is 13.1. The van der Waals surface area contributed by atoms with Crippen molar-refractivity contribution in [3.8, 4) is 0 Å². The zero-order chi connectivity index (χ0) is 28.4. The van der Waals surface area contributed by atoms with Crippen LogP contribution in [0.4, 0.5) is 0 Å². The lowest BCUT2D eigenvalue weighted by Crippen LogP contribution is -2.47. The van der Waals surface area contributed by atoms with Gasteiger partial charge in [0.2, 0.25) is 0 Å². The van der Waals surface area contributed by atoms with Crippen molar-refractivity contribution in [2.75, 3.05) is 41.2 Å². The molecular formula is C28H44O9Si. The van der Waals surface area contributed by atoms with E-state index in [2.05, 4.69) is 19.7 Å². The maximum Gasteiger partial charge on any atom is 0.500 e. The summed E-state index contributed by atoms with van der Waals surface area (Å²) >= 11 is 0. The molecule has 3 rings (SSSR count). The van der Waals surface area contributed by atoms with E-state index in [1.165, 1.54) is 31.4 Å². The minimum Gasteiger partial charge on any atom is -0.462 e. The van der Waals surface area contributed by atoms with E-state index in [1.807, 2.05) is 0 Å². The fraction of sp³-hybridized carbons (Fsp3) is 0.679. The molecule has 0 aliphatic heterocycles. The first-order valence-corrected chi connectivity index (χ1v) is 15.1. The molecule has 2 bridgehead atoms. The molecule has 0 aromatic carbocycles. The van der Waals surface area contributed by atoms with E-state index in [0.29, 0.717) is 49.7 Å². The largest absolute Gasteiger partial charge is 0.500 e. The van der Waals surface area contributed by atoms with Gasteiger partial charge in [-0.2, -0.15) is 0 Å². The van der Waals surface area contributed by atoms with Crippen LogP contribution in [0.25, 0.3) is 0 Å². The topological polar surface area (TPSA) is 107 Å². The Kier molecular flexibility index (Phi) is 11.9. The molecule has 0 N–H and O–H groups in total. The Balaban J connectivity index is 0.000000284. The summed E-state index contributed by atoms with van der Waals surface area (Å²) in [5.41, 5.74) is 0.350. The van der Waals surface area contributed by atoms with Crippen molar-refractivity contribution in [1.29, 1.82) is 0 Å². The fourth-order valence-electron chi connectivity index (χ4n) is 6.67. The van der Waals surface area contributed by atoms with Crippen molar-refractivity contribution in [3.63, 3.8) is 0 Å². The number of carbonyl (C=O) groups is 3. The van der Waals surface area contributed by atoms with Gasteiger partial charge in [-0.15, -0.1) is 0 Å². The standard InChI is InChI=1S/C18H24O4.C10H20O5Si/c1-3-15(19)21-11-17-9-7-13(10-17)14-6-5-8-18(14,17)12-22-16(20)4-2;1-9(2)10(11)15-7-6-8-16(12-3,13-4)14-5/h3-4,13-14H,1-2,5-12H2;1,6-8H2,2-5H3. The summed E-state index contributed by atoms with van der Waals surface area (Å²) in [6, 6.07) is 0.611. The van der Waals surface area contributed by atoms with Gasteiger partial charge in [0.05, 0.1) is 19.8 Å². The van der Waals surface area contributed by atoms with Crippen LogP contribution in [-0.2, 0) is 41.9 Å². The molecule has 0 radical (unpaired) electrons. The number of rotatable bonds is 14. The van der Waals surface area contributed by atoms with Crippen LogP contribution in [0.5, 0.6) is 0 Å². The second kappa shape index (κ2) is 14.2. The van der Waals surface area contributed by atoms with E-state index in [-0.39, 0.29) is 28.7 Å². The lowest BCUT2D eigenvalue weighted by Gasteiger charge is -2.47. The molecule has 38 heavy (non-hydrogen) atoms. The van der Waals surface area contributed by atoms with Crippen molar-refractivity contribution in [2.45, 2.75) is 57.9 Å². The molecule has 214 valence electrons. The molecule has 0 amide bonds. The Hall–Kier alpha value is -2.27. The van der Waals surface area contributed by atoms with Crippen molar-refractivity contribution in [2.24, 2.45) is 22.7 Å². The van der Waals surface area contributed by atoms with Crippen LogP contribution in [0.1, 0.15) is 51.9 Å². The Morgan fingerprint density at radius 1 is 0.921 bits per heavy atom. The first-order chi connectivity index (χ1) is 18.1. The van der Waals surface area contributed by atoms with Gasteiger partial charge < -0.3 is 27.5 Å². The molecule has 0 heterocycles. The van der Waals surface area contributed by atoms with E-state index in [4.69, 9.17) is 27.5 Å². The van der Waals surface area contributed by atoms with Gasteiger partial charge >= 0.3 is 26.7 Å². The van der Waals surface area contributed by atoms with Crippen LogP contribution in [0.15, 0.2) is 37.5 Å². The number of hydrogen-bond donors (Lipinski definition) is 0. The summed E-state index contributed by atoms with van der Waals surface area (Å²) in [6.07, 6.45) is 9.86. The Morgan fingerprint density at radius 3 is 2.08 bits per heavy atom. The lowest BCUT2D eigenvalue weighted by atomic mass is 9.60. The fourth-order valence-corrected chi connectivity index (χ4v) is 8.36. The molecule has 3 saturated carbocycles. The first kappa shape index (κ1) is 31.9. The summed E-state index contributed by atoms with van der Waals surface area (Å²) in [7, 11) is 2.13. The second-order valence-corrected chi connectivity index (χ2v) is 13.5. The lowest BCUT2D eigenvalue weighted by molar-refractivity contribution is -0.156. The van der Waals surface area contributed by atoms with Gasteiger partial charge in [0, 0.05) is 55.9 Å². The molecule has 3 aliphatic carbocycles. The van der Waals surface area contributed by atoms with Gasteiger partial charge in [-0.1, -0.05) is 26.2 Å². The number of fused-ring (bicyclic) bond motifs is 5. The predicted molar refractivity (Wildman–Crippen MR) is 144 cm³/mol. The zero-order valence-electron chi connectivity index (χ0n) is 23.4. The molecule has 0 spiro atoms. The Labute approximate surface area is 227 Å². The molecule has 10 heteroatoms. The maximum atomic E-state index is 11.5. The van der Waals surface area contributed by atoms with E-state index < -0.39 is 8.80 Å². The monoisotopic (exact) mass is 552 g/mol. The van der Waals surface area contributed by atoms with Crippen LogP contribution < -0.4 is 0 Å². The minimum atomic E-state index is -2.53. The summed E-state index contributed by atoms with van der Waals surface area (Å²) < 4.78 is 31.5. The van der Waals surface area contributed by atoms with Gasteiger partial charge in [-0.05, 0) is 57.3 Å². The van der Waals surface area contributed by atoms with Crippen LogP contribution in [-0.4, -0.2) is 67.9 Å². The van der Waals surface area contributed by atoms with Crippen molar-refractivity contribution in [3.05, 3.63) is 37.5 Å². The van der Waals surface area contributed by atoms with Crippen molar-refractivity contribution >= 4 is 26.7 Å². The SMILES string of the molecule is C=C(C)C(=O)OCCC[Si](OC)(OC)OC.C=CC(=O)OCC12CCC(C1)C1CCCC12COC(=O)C=C. The van der Waals surface area contributed by atoms with Gasteiger partial charge in [-0.25, -0.2) is 14.4 Å². The van der Waals surface area contributed by atoms with Crippen LogP contribution in [0, 0.1) is 22.7 Å². The molecule has 4 unspecified atom stereocenters. The molecule has 4 atom stereocenters. The number of ether oxygens (including phenoxy) is 3. The van der Waals surface area contributed by atoms with Crippen molar-refractivity contribution in [1.82, 2.24) is 0 Å². The van der Waals surface area contributed by atoms with Gasteiger partial charge in [0.15, 0.2) is 0 Å². The summed E-state index contributed by atoms with van der Waals surface area (Å²) in [5.74, 6) is 0.187. The van der Waals surface area contributed by atoms with Gasteiger partial charge in [-0.3, -0.25) is 0 Å². The number of carbonyl (C=O) groups excluding carboxylic acids is 3. The van der Waals surface area contributed by atoms with E-state index >= 15 is 0 Å². The summed E-state index contributed by atoms with van der Waals surface area (Å²) in [4.78, 5) is 34.1. The zero-order valence-corrected chi connectivity index (χ0v) is 24.4. The normalized spacial score (nSPS) is 26.9. The highest BCUT2D eigenvalue weighted by Crippen LogP contribution is 2.72. The average molecular weight is 553 g/mol. The van der Waals surface area contributed by atoms with Crippen LogP contribution in [0.3, 0.4) is 0 Å². The minimum absolute atomic E-state index is 0.0178. The second-order valence-electron chi connectivity index (χ2n) is 10.4. The molecule has 0 aromatic heterocycles. The Bertz CT molecular complexity index is 875. The highest BCUT2D eigenvalue weighted by atomic mass is 28.4. The van der Waals surface area contributed by atoms with Gasteiger partial charge in [0.1, 0.15) is 0 Å². The maximum absolute atomic E-state index is 11.5. The molecule has 3 aliphatic rings. The quantitative estimate of drug-likeness (QED) is 0.102. The van der Waals surface area contributed by atoms with E-state index in [9.17, 15) is 14.4 Å². The smallest absolute Gasteiger partial charge is 0.462 e. The third-order valence-electron chi connectivity index (χ3n) is 8.56. The van der Waals surface area contributed by atoms with E-state index in [1.54, 1.807) is 28.3 Å². The number of esters is 3. The predicted octanol–water partition coefficient (Wildman–Crippen LogP) is 4.41. The molecule has 0 aromatic rings. The van der Waals surface area contributed by atoms with Gasteiger partial charge in [0.25, 0.3) is 0 Å². The average Bonchev–Trinajstić information content (AvgIpc) is 3.63. The van der Waals surface area contributed by atoms with Crippen LogP contribution in [0.2, 0.25) is 6.04 Å². The van der Waals surface area contributed by atoms with E-state index in [0.717, 1.165) is 19.3 Å². The molecule has 3 fully saturated rings. The third kappa shape index (κ3) is 7.02.